The Morgan fingerprint density at radius 2 is 1.92 bits per heavy atom. The maximum atomic E-state index is 10.7. The number of hydrogen-bond acceptors (Lipinski definition) is 5. The number of aliphatic hydroxyl groups excluding tert-OH is 1. The molecule has 26 heavy (non-hydrogen) atoms. The molecule has 1 saturated heterocycles. The van der Waals surface area contributed by atoms with E-state index in [1.54, 1.807) is 6.20 Å². The van der Waals surface area contributed by atoms with Gasteiger partial charge in [-0.15, -0.1) is 0 Å². The zero-order chi connectivity index (χ0) is 17.8. The van der Waals surface area contributed by atoms with Crippen LogP contribution in [0.1, 0.15) is 30.1 Å². The van der Waals surface area contributed by atoms with E-state index < -0.39 is 0 Å². The molecule has 0 radical (unpaired) electrons. The molecule has 2 fully saturated rings. The normalized spacial score (nSPS) is 28.7. The van der Waals surface area contributed by atoms with Gasteiger partial charge in [0, 0.05) is 42.8 Å². The zero-order valence-corrected chi connectivity index (χ0v) is 15.2. The number of hydrogen-bond donors (Lipinski definition) is 1. The molecular formula is C19H24N6O. The highest BCUT2D eigenvalue weighted by molar-refractivity contribution is 5.57. The van der Waals surface area contributed by atoms with Crippen molar-refractivity contribution < 1.29 is 5.11 Å². The summed E-state index contributed by atoms with van der Waals surface area (Å²) in [5.41, 5.74) is 3.14. The fraction of sp³-hybridized carbons (Fsp3) is 0.526. The van der Waals surface area contributed by atoms with Crippen LogP contribution >= 0.6 is 0 Å². The van der Waals surface area contributed by atoms with Crippen LogP contribution in [0.2, 0.25) is 0 Å². The molecule has 5 rings (SSSR count). The van der Waals surface area contributed by atoms with E-state index in [1.807, 2.05) is 29.3 Å². The van der Waals surface area contributed by atoms with Crippen LogP contribution in [0.3, 0.4) is 0 Å². The summed E-state index contributed by atoms with van der Waals surface area (Å²) in [6, 6.07) is 2.08. The minimum atomic E-state index is -0.310. The minimum Gasteiger partial charge on any atom is -0.391 e. The standard InChI is InChI=1S/C19H24N6O/c1-12-13(2)22-18-3-4-21-25(18)19(12)24-9-14-7-16(23-6-5-20-11-23)17(26)8-15(14)10-24/h3-6,11,14-17,26H,7-10H2,1-2H3/t14-,15+,16-,17-/m1/s1. The summed E-state index contributed by atoms with van der Waals surface area (Å²) in [4.78, 5) is 11.2. The van der Waals surface area contributed by atoms with Crippen molar-refractivity contribution in [3.05, 3.63) is 42.2 Å². The van der Waals surface area contributed by atoms with Crippen molar-refractivity contribution in [3.8, 4) is 0 Å². The van der Waals surface area contributed by atoms with Crippen LogP contribution < -0.4 is 4.90 Å². The lowest BCUT2D eigenvalue weighted by molar-refractivity contribution is 0.0358. The van der Waals surface area contributed by atoms with Gasteiger partial charge in [0.1, 0.15) is 5.82 Å². The lowest BCUT2D eigenvalue weighted by Crippen LogP contribution is -2.35. The Labute approximate surface area is 152 Å². The van der Waals surface area contributed by atoms with Gasteiger partial charge in [-0.25, -0.2) is 9.97 Å². The first-order chi connectivity index (χ1) is 12.6. The average Bonchev–Trinajstić information content (AvgIpc) is 3.34. The van der Waals surface area contributed by atoms with Crippen LogP contribution in [-0.2, 0) is 0 Å². The SMILES string of the molecule is Cc1nc2ccnn2c(N2C[C@H]3C[C@@H](n4ccnc4)[C@H](O)C[C@H]3C2)c1C. The Kier molecular flexibility index (Phi) is 3.53. The maximum absolute atomic E-state index is 10.7. The van der Waals surface area contributed by atoms with Crippen molar-refractivity contribution in [2.75, 3.05) is 18.0 Å². The molecule has 4 heterocycles. The third-order valence-corrected chi connectivity index (χ3v) is 6.30. The summed E-state index contributed by atoms with van der Waals surface area (Å²) >= 11 is 0. The first-order valence-electron chi connectivity index (χ1n) is 9.33. The van der Waals surface area contributed by atoms with Crippen molar-refractivity contribution in [3.63, 3.8) is 0 Å². The van der Waals surface area contributed by atoms with E-state index >= 15 is 0 Å². The zero-order valence-electron chi connectivity index (χ0n) is 15.2. The van der Waals surface area contributed by atoms with Gasteiger partial charge in [0.25, 0.3) is 0 Å². The second-order valence-electron chi connectivity index (χ2n) is 7.79. The van der Waals surface area contributed by atoms with E-state index in [9.17, 15) is 5.11 Å². The lowest BCUT2D eigenvalue weighted by atomic mass is 9.77. The van der Waals surface area contributed by atoms with Crippen LogP contribution in [0.4, 0.5) is 5.82 Å². The van der Waals surface area contributed by atoms with Gasteiger partial charge in [0.2, 0.25) is 0 Å². The van der Waals surface area contributed by atoms with Crippen molar-refractivity contribution in [1.29, 1.82) is 0 Å². The second-order valence-corrected chi connectivity index (χ2v) is 7.79. The molecule has 7 nitrogen and oxygen atoms in total. The molecule has 3 aromatic heterocycles. The molecule has 1 aliphatic heterocycles. The molecule has 0 amide bonds. The number of fused-ring (bicyclic) bond motifs is 2. The van der Waals surface area contributed by atoms with Gasteiger partial charge < -0.3 is 14.6 Å². The van der Waals surface area contributed by atoms with Crippen molar-refractivity contribution in [1.82, 2.24) is 24.1 Å². The van der Waals surface area contributed by atoms with Gasteiger partial charge in [-0.3, -0.25) is 0 Å². The number of aromatic nitrogens is 5. The molecule has 0 aromatic carbocycles. The van der Waals surface area contributed by atoms with E-state index in [0.717, 1.165) is 43.1 Å². The topological polar surface area (TPSA) is 71.5 Å². The minimum absolute atomic E-state index is 0.128. The summed E-state index contributed by atoms with van der Waals surface area (Å²) < 4.78 is 4.03. The molecular weight excluding hydrogens is 328 g/mol. The number of aliphatic hydroxyl groups is 1. The van der Waals surface area contributed by atoms with Gasteiger partial charge in [0.15, 0.2) is 5.65 Å². The number of aryl methyl sites for hydroxylation is 1. The Hall–Kier alpha value is -2.41. The molecule has 136 valence electrons. The third kappa shape index (κ3) is 2.34. The predicted octanol–water partition coefficient (Wildman–Crippen LogP) is 1.99. The Morgan fingerprint density at radius 3 is 2.69 bits per heavy atom. The summed E-state index contributed by atoms with van der Waals surface area (Å²) in [7, 11) is 0. The molecule has 0 bridgehead atoms. The Morgan fingerprint density at radius 1 is 1.12 bits per heavy atom. The number of imidazole rings is 1. The van der Waals surface area contributed by atoms with Gasteiger partial charge in [-0.2, -0.15) is 9.61 Å². The largest absolute Gasteiger partial charge is 0.391 e. The summed E-state index contributed by atoms with van der Waals surface area (Å²) in [5, 5.41) is 15.2. The van der Waals surface area contributed by atoms with Crippen molar-refractivity contribution in [2.24, 2.45) is 11.8 Å². The third-order valence-electron chi connectivity index (χ3n) is 6.30. The monoisotopic (exact) mass is 352 g/mol. The molecule has 1 N–H and O–H groups in total. The van der Waals surface area contributed by atoms with Crippen LogP contribution in [0.5, 0.6) is 0 Å². The lowest BCUT2D eigenvalue weighted by Gasteiger charge is -2.35. The molecule has 0 spiro atoms. The molecule has 1 saturated carbocycles. The van der Waals surface area contributed by atoms with Gasteiger partial charge >= 0.3 is 0 Å². The van der Waals surface area contributed by atoms with Crippen molar-refractivity contribution >= 4 is 11.5 Å². The summed E-state index contributed by atoms with van der Waals surface area (Å²) in [5.74, 6) is 2.24. The number of rotatable bonds is 2. The highest BCUT2D eigenvalue weighted by Gasteiger charge is 2.43. The average molecular weight is 352 g/mol. The summed E-state index contributed by atoms with van der Waals surface area (Å²) in [6.07, 6.45) is 8.91. The molecule has 4 atom stereocenters. The fourth-order valence-electron chi connectivity index (χ4n) is 4.86. The van der Waals surface area contributed by atoms with Crippen molar-refractivity contribution in [2.45, 2.75) is 38.8 Å². The Balaban J connectivity index is 1.46. The van der Waals surface area contributed by atoms with Gasteiger partial charge in [0.05, 0.1) is 24.7 Å². The Bertz CT molecular complexity index is 933. The van der Waals surface area contributed by atoms with Crippen LogP contribution in [0.25, 0.3) is 5.65 Å². The van der Waals surface area contributed by atoms with Gasteiger partial charge in [-0.05, 0) is 38.5 Å². The van der Waals surface area contributed by atoms with E-state index in [1.165, 1.54) is 5.56 Å². The first kappa shape index (κ1) is 15.8. The fourth-order valence-corrected chi connectivity index (χ4v) is 4.86. The quantitative estimate of drug-likeness (QED) is 0.764. The molecule has 3 aromatic rings. The predicted molar refractivity (Wildman–Crippen MR) is 98.2 cm³/mol. The van der Waals surface area contributed by atoms with Gasteiger partial charge in [-0.1, -0.05) is 0 Å². The summed E-state index contributed by atoms with van der Waals surface area (Å²) in [6.45, 7) is 6.16. The molecule has 0 unspecified atom stereocenters. The second kappa shape index (κ2) is 5.81. The highest BCUT2D eigenvalue weighted by Crippen LogP contribution is 2.43. The molecule has 1 aliphatic carbocycles. The molecule has 7 heteroatoms. The first-order valence-corrected chi connectivity index (χ1v) is 9.33. The highest BCUT2D eigenvalue weighted by atomic mass is 16.3. The number of anilines is 1. The van der Waals surface area contributed by atoms with Crippen LogP contribution in [0.15, 0.2) is 31.0 Å². The van der Waals surface area contributed by atoms with Crippen LogP contribution in [-0.4, -0.2) is 48.4 Å². The molecule has 2 aliphatic rings. The van der Waals surface area contributed by atoms with E-state index in [0.29, 0.717) is 11.8 Å². The maximum Gasteiger partial charge on any atom is 0.157 e. The van der Waals surface area contributed by atoms with E-state index in [-0.39, 0.29) is 12.1 Å². The smallest absolute Gasteiger partial charge is 0.157 e. The van der Waals surface area contributed by atoms with E-state index in [4.69, 9.17) is 0 Å². The van der Waals surface area contributed by atoms with Crippen LogP contribution in [0, 0.1) is 25.7 Å². The number of nitrogens with zero attached hydrogens (tertiary/aromatic N) is 6. The van der Waals surface area contributed by atoms with E-state index in [2.05, 4.69) is 38.4 Å².